The van der Waals surface area contributed by atoms with Crippen LogP contribution in [0, 0.1) is 0 Å². The molecule has 5 aromatic rings. The van der Waals surface area contributed by atoms with Crippen molar-refractivity contribution in [1.82, 2.24) is 5.32 Å². The minimum atomic E-state index is -1.82. The maximum atomic E-state index is 13.9. The van der Waals surface area contributed by atoms with Crippen LogP contribution in [0.2, 0.25) is 0 Å². The summed E-state index contributed by atoms with van der Waals surface area (Å²) in [5.41, 5.74) is 4.38. The molecule has 1 aliphatic rings. The number of carbonyl (C=O) groups excluding carboxylic acids is 1. The van der Waals surface area contributed by atoms with Gasteiger partial charge in [0.2, 0.25) is 6.10 Å². The first-order valence-electron chi connectivity index (χ1n) is 19.2. The van der Waals surface area contributed by atoms with Crippen molar-refractivity contribution in [1.29, 1.82) is 0 Å². The summed E-state index contributed by atoms with van der Waals surface area (Å²) < 4.78 is 5.63. The zero-order chi connectivity index (χ0) is 41.8. The van der Waals surface area contributed by atoms with Crippen LogP contribution in [0.25, 0.3) is 38.6 Å². The molecule has 5 aromatic carbocycles. The third-order valence-corrected chi connectivity index (χ3v) is 10.7. The number of benzene rings is 5. The maximum absolute atomic E-state index is 13.9. The van der Waals surface area contributed by atoms with Gasteiger partial charge in [-0.15, -0.1) is 0 Å². The molecule has 0 saturated heterocycles. The Morgan fingerprint density at radius 1 is 0.741 bits per heavy atom. The fraction of sp³-hybridized carbons (Fsp3) is 0.289. The van der Waals surface area contributed by atoms with Crippen molar-refractivity contribution in [2.45, 2.75) is 70.8 Å². The first-order chi connectivity index (χ1) is 27.7. The van der Waals surface area contributed by atoms with E-state index in [2.05, 4.69) is 5.32 Å². The topological polar surface area (TPSA) is 237 Å². The molecule has 1 aliphatic carbocycles. The molecule has 0 spiro atoms. The minimum Gasteiger partial charge on any atom is -0.508 e. The fourth-order valence-electron chi connectivity index (χ4n) is 7.83. The first kappa shape index (κ1) is 41.0. The fourth-order valence-corrected chi connectivity index (χ4v) is 7.83. The first-order valence-corrected chi connectivity index (χ1v) is 19.2. The van der Waals surface area contributed by atoms with E-state index in [-0.39, 0.29) is 41.2 Å². The van der Waals surface area contributed by atoms with E-state index in [1.807, 2.05) is 13.0 Å². The minimum absolute atomic E-state index is 0.0443. The number of nitrogens with one attached hydrogen (secondary N) is 1. The van der Waals surface area contributed by atoms with Gasteiger partial charge in [0.1, 0.15) is 5.75 Å². The van der Waals surface area contributed by atoms with Crippen LogP contribution in [0.4, 0.5) is 0 Å². The third-order valence-electron chi connectivity index (χ3n) is 10.7. The SMILES string of the molecule is CCCCC/C(=C\C(=O)O[C@@H](C(=O)O)[C@H](CNCC)c1cc(O)c(O)c(O)c1)c1cc(O)c(O)c2ccc(-c3cc(O)c(O)c4c3-c3cccc(O)c3CCC4)cc12. The van der Waals surface area contributed by atoms with Crippen molar-refractivity contribution in [2.75, 3.05) is 13.1 Å². The van der Waals surface area contributed by atoms with Crippen LogP contribution in [0.3, 0.4) is 0 Å². The summed E-state index contributed by atoms with van der Waals surface area (Å²) in [7, 11) is 0. The lowest BCUT2D eigenvalue weighted by molar-refractivity contribution is -0.162. The van der Waals surface area contributed by atoms with Crippen molar-refractivity contribution in [3.63, 3.8) is 0 Å². The number of hydrogen-bond donors (Lipinski definition) is 10. The number of phenols is 8. The number of ether oxygens (including phenoxy) is 1. The number of aliphatic carboxylic acids is 1. The standard InChI is InChI=1S/C45H47NO12/c1-3-5-6-9-23(19-39(52)58-44(45(56)57)33(22-46-4-2)25-17-35(48)43(55)36(49)18-25)30-20-37(50)41(53)28-15-14-24(16-32(28)30)31-21-38(51)42(54)29-12-7-10-26-27(40(29)31)11-8-13-34(26)47/h8,11,13-21,33,44,46-51,53-55H,3-7,9-10,12,22H2,1-2H3,(H,56,57)/b23-19+/t33-,44-/m1/s1. The number of esters is 1. The molecule has 0 saturated carbocycles. The molecule has 0 unspecified atom stereocenters. The Labute approximate surface area is 334 Å². The number of likely N-dealkylation sites (N-methyl/N-ethyl adjacent to an activating group) is 1. The van der Waals surface area contributed by atoms with E-state index in [0.717, 1.165) is 31.1 Å². The zero-order valence-corrected chi connectivity index (χ0v) is 32.1. The van der Waals surface area contributed by atoms with Crippen LogP contribution >= 0.6 is 0 Å². The van der Waals surface area contributed by atoms with Crippen molar-refractivity contribution in [3.8, 4) is 68.2 Å². The second kappa shape index (κ2) is 17.3. The highest BCUT2D eigenvalue weighted by molar-refractivity contribution is 6.05. The lowest BCUT2D eigenvalue weighted by Crippen LogP contribution is -2.38. The largest absolute Gasteiger partial charge is 0.508 e. The van der Waals surface area contributed by atoms with E-state index in [1.165, 1.54) is 12.1 Å². The summed E-state index contributed by atoms with van der Waals surface area (Å²) in [6, 6.07) is 15.1. The number of allylic oxidation sites excluding steroid dienone is 1. The Hall–Kier alpha value is -6.60. The van der Waals surface area contributed by atoms with Gasteiger partial charge in [-0.3, -0.25) is 0 Å². The van der Waals surface area contributed by atoms with Crippen LogP contribution in [0.15, 0.2) is 66.7 Å². The van der Waals surface area contributed by atoms with E-state index in [0.29, 0.717) is 82.1 Å². The van der Waals surface area contributed by atoms with Crippen LogP contribution in [-0.4, -0.2) is 77.1 Å². The summed E-state index contributed by atoms with van der Waals surface area (Å²) in [4.78, 5) is 26.6. The molecule has 0 radical (unpaired) electrons. The van der Waals surface area contributed by atoms with Crippen molar-refractivity contribution in [3.05, 3.63) is 89.0 Å². The predicted molar refractivity (Wildman–Crippen MR) is 218 cm³/mol. The predicted octanol–water partition coefficient (Wildman–Crippen LogP) is 7.66. The van der Waals surface area contributed by atoms with Gasteiger partial charge in [-0.2, -0.15) is 0 Å². The Morgan fingerprint density at radius 3 is 2.12 bits per heavy atom. The van der Waals surface area contributed by atoms with E-state index >= 15 is 0 Å². The van der Waals surface area contributed by atoms with E-state index in [9.17, 15) is 55.5 Å². The van der Waals surface area contributed by atoms with Crippen LogP contribution < -0.4 is 5.32 Å². The molecule has 2 atom stereocenters. The highest BCUT2D eigenvalue weighted by atomic mass is 16.6. The number of carbonyl (C=O) groups is 2. The number of carboxylic acid groups (broad SMARTS) is 1. The number of unbranched alkanes of at least 4 members (excludes halogenated alkanes) is 2. The van der Waals surface area contributed by atoms with Crippen LogP contribution in [0.1, 0.15) is 74.1 Å². The van der Waals surface area contributed by atoms with Gasteiger partial charge in [0.15, 0.2) is 40.2 Å². The Balaban J connectivity index is 1.50. The molecular weight excluding hydrogens is 746 g/mol. The molecule has 13 heteroatoms. The van der Waals surface area contributed by atoms with Gasteiger partial charge in [0.05, 0.1) is 0 Å². The number of hydrogen-bond acceptors (Lipinski definition) is 12. The second-order valence-electron chi connectivity index (χ2n) is 14.5. The van der Waals surface area contributed by atoms with E-state index in [4.69, 9.17) is 4.74 Å². The highest BCUT2D eigenvalue weighted by Gasteiger charge is 2.34. The van der Waals surface area contributed by atoms with Gasteiger partial charge in [0, 0.05) is 35.1 Å². The zero-order valence-electron chi connectivity index (χ0n) is 32.1. The number of phenolic OH excluding ortho intramolecular Hbond substituents is 8. The Morgan fingerprint density at radius 2 is 1.43 bits per heavy atom. The van der Waals surface area contributed by atoms with Crippen molar-refractivity contribution in [2.24, 2.45) is 0 Å². The summed E-state index contributed by atoms with van der Waals surface area (Å²) >= 11 is 0. The third kappa shape index (κ3) is 8.12. The molecule has 0 bridgehead atoms. The van der Waals surface area contributed by atoms with Crippen LogP contribution in [-0.2, 0) is 27.2 Å². The van der Waals surface area contributed by atoms with Crippen molar-refractivity contribution < 1.29 is 60.3 Å². The number of rotatable bonds is 14. The lowest BCUT2D eigenvalue weighted by atomic mass is 9.86. The smallest absolute Gasteiger partial charge is 0.345 e. The second-order valence-corrected chi connectivity index (χ2v) is 14.5. The van der Waals surface area contributed by atoms with Gasteiger partial charge in [-0.05, 0) is 125 Å². The number of aromatic hydroxyl groups is 8. The van der Waals surface area contributed by atoms with Gasteiger partial charge >= 0.3 is 11.9 Å². The molecule has 58 heavy (non-hydrogen) atoms. The average Bonchev–Trinajstić information content (AvgIpc) is 3.40. The Kier molecular flexibility index (Phi) is 12.2. The lowest BCUT2D eigenvalue weighted by Gasteiger charge is -2.25. The highest BCUT2D eigenvalue weighted by Crippen LogP contribution is 2.50. The summed E-state index contributed by atoms with van der Waals surface area (Å²) in [6.45, 7) is 4.15. The molecule has 0 aliphatic heterocycles. The van der Waals surface area contributed by atoms with Gasteiger partial charge in [0.25, 0.3) is 0 Å². The average molecular weight is 794 g/mol. The summed E-state index contributed by atoms with van der Waals surface area (Å²) in [6.07, 6.45) is 3.35. The molecule has 13 nitrogen and oxygen atoms in total. The number of carboxylic acids is 1. The summed E-state index contributed by atoms with van der Waals surface area (Å²) in [5.74, 6) is -7.21. The molecule has 0 fully saturated rings. The van der Waals surface area contributed by atoms with Crippen LogP contribution in [0.5, 0.6) is 46.0 Å². The van der Waals surface area contributed by atoms with Crippen molar-refractivity contribution >= 4 is 28.3 Å². The van der Waals surface area contributed by atoms with Gasteiger partial charge in [-0.25, -0.2) is 9.59 Å². The maximum Gasteiger partial charge on any atom is 0.345 e. The van der Waals surface area contributed by atoms with Gasteiger partial charge in [-0.1, -0.05) is 44.9 Å². The summed E-state index contributed by atoms with van der Waals surface area (Å²) in [5, 5.41) is 99.2. The molecule has 304 valence electrons. The van der Waals surface area contributed by atoms with Gasteiger partial charge < -0.3 is 56.0 Å². The quantitative estimate of drug-likeness (QED) is 0.0225. The molecule has 6 rings (SSSR count). The molecule has 10 N–H and O–H groups in total. The monoisotopic (exact) mass is 793 g/mol. The van der Waals surface area contributed by atoms with E-state index in [1.54, 1.807) is 37.3 Å². The number of fused-ring (bicyclic) bond motifs is 4. The normalized spacial score (nSPS) is 13.7. The molecule has 0 amide bonds. The Bertz CT molecular complexity index is 2400. The van der Waals surface area contributed by atoms with E-state index < -0.39 is 52.7 Å². The molecule has 0 aromatic heterocycles. The molecule has 0 heterocycles. The molecular formula is C45H47NO12.